The van der Waals surface area contributed by atoms with E-state index in [2.05, 4.69) is 37.9 Å². The molecule has 1 saturated carbocycles. The number of nitrogens with one attached hydrogen (secondary N) is 1. The fourth-order valence-electron chi connectivity index (χ4n) is 3.79. The second-order valence-corrected chi connectivity index (χ2v) is 7.57. The van der Waals surface area contributed by atoms with Crippen LogP contribution in [0.5, 0.6) is 0 Å². The van der Waals surface area contributed by atoms with Crippen molar-refractivity contribution in [3.05, 3.63) is 0 Å². The minimum atomic E-state index is 0.399. The number of rotatable bonds is 5. The van der Waals surface area contributed by atoms with Crippen molar-refractivity contribution in [2.24, 2.45) is 11.3 Å². The second kappa shape index (κ2) is 5.92. The molecule has 0 aromatic heterocycles. The summed E-state index contributed by atoms with van der Waals surface area (Å²) in [6.45, 7) is 13.1. The Bertz CT molecular complexity index is 260. The standard InChI is InChI=1S/C16H32N2/c1-13(2)17-11-16(3,4)12-18-10-9-14-7-5-6-8-15(14)18/h13-15,17H,5-12H2,1-4H3. The van der Waals surface area contributed by atoms with Crippen LogP contribution in [0.15, 0.2) is 0 Å². The van der Waals surface area contributed by atoms with E-state index in [-0.39, 0.29) is 0 Å². The molecule has 2 aliphatic rings. The summed E-state index contributed by atoms with van der Waals surface area (Å²) in [6.07, 6.45) is 7.35. The van der Waals surface area contributed by atoms with Crippen LogP contribution in [0.1, 0.15) is 59.8 Å². The Labute approximate surface area is 114 Å². The van der Waals surface area contributed by atoms with Gasteiger partial charge in [0.25, 0.3) is 0 Å². The number of hydrogen-bond donors (Lipinski definition) is 1. The molecule has 1 aliphatic heterocycles. The molecule has 1 heterocycles. The Hall–Kier alpha value is -0.0800. The zero-order valence-corrected chi connectivity index (χ0v) is 12.8. The van der Waals surface area contributed by atoms with Crippen molar-refractivity contribution in [3.8, 4) is 0 Å². The molecule has 1 saturated heterocycles. The molecule has 0 radical (unpaired) electrons. The maximum absolute atomic E-state index is 3.61. The van der Waals surface area contributed by atoms with E-state index >= 15 is 0 Å². The van der Waals surface area contributed by atoms with Crippen molar-refractivity contribution in [1.82, 2.24) is 10.2 Å². The van der Waals surface area contributed by atoms with E-state index in [0.29, 0.717) is 11.5 Å². The summed E-state index contributed by atoms with van der Waals surface area (Å²) in [5.41, 5.74) is 0.399. The fourth-order valence-corrected chi connectivity index (χ4v) is 3.79. The van der Waals surface area contributed by atoms with Gasteiger partial charge in [-0.15, -0.1) is 0 Å². The molecule has 0 aromatic carbocycles. The first-order valence-corrected chi connectivity index (χ1v) is 7.95. The topological polar surface area (TPSA) is 15.3 Å². The average molecular weight is 252 g/mol. The summed E-state index contributed by atoms with van der Waals surface area (Å²) in [7, 11) is 0. The largest absolute Gasteiger partial charge is 0.314 e. The molecule has 2 rings (SSSR count). The molecule has 1 aliphatic carbocycles. The number of nitrogens with zero attached hydrogens (tertiary/aromatic N) is 1. The average Bonchev–Trinajstić information content (AvgIpc) is 2.70. The first-order chi connectivity index (χ1) is 8.48. The maximum Gasteiger partial charge on any atom is 0.0124 e. The summed E-state index contributed by atoms with van der Waals surface area (Å²) in [4.78, 5) is 2.80. The lowest BCUT2D eigenvalue weighted by atomic mass is 9.84. The quantitative estimate of drug-likeness (QED) is 0.808. The van der Waals surface area contributed by atoms with Gasteiger partial charge in [-0.2, -0.15) is 0 Å². The molecule has 2 atom stereocenters. The van der Waals surface area contributed by atoms with Crippen LogP contribution in [0.3, 0.4) is 0 Å². The highest BCUT2D eigenvalue weighted by atomic mass is 15.2. The van der Waals surface area contributed by atoms with E-state index < -0.39 is 0 Å². The van der Waals surface area contributed by atoms with Crippen LogP contribution in [0.4, 0.5) is 0 Å². The molecular weight excluding hydrogens is 220 g/mol. The molecule has 0 bridgehead atoms. The van der Waals surface area contributed by atoms with E-state index in [1.54, 1.807) is 0 Å². The number of fused-ring (bicyclic) bond motifs is 1. The van der Waals surface area contributed by atoms with Crippen LogP contribution in [-0.4, -0.2) is 36.6 Å². The van der Waals surface area contributed by atoms with Crippen molar-refractivity contribution in [2.75, 3.05) is 19.6 Å². The normalized spacial score (nSPS) is 29.8. The zero-order valence-electron chi connectivity index (χ0n) is 12.8. The van der Waals surface area contributed by atoms with Gasteiger partial charge in [0.1, 0.15) is 0 Å². The van der Waals surface area contributed by atoms with Gasteiger partial charge in [0.2, 0.25) is 0 Å². The fraction of sp³-hybridized carbons (Fsp3) is 1.00. The molecular formula is C16H32N2. The van der Waals surface area contributed by atoms with Crippen LogP contribution in [0.2, 0.25) is 0 Å². The summed E-state index contributed by atoms with van der Waals surface area (Å²) < 4.78 is 0. The van der Waals surface area contributed by atoms with Gasteiger partial charge in [-0.05, 0) is 37.1 Å². The Morgan fingerprint density at radius 3 is 2.61 bits per heavy atom. The van der Waals surface area contributed by atoms with Gasteiger partial charge in [0.15, 0.2) is 0 Å². The molecule has 0 spiro atoms. The van der Waals surface area contributed by atoms with Crippen molar-refractivity contribution in [3.63, 3.8) is 0 Å². The number of hydrogen-bond acceptors (Lipinski definition) is 2. The monoisotopic (exact) mass is 252 g/mol. The Morgan fingerprint density at radius 2 is 1.89 bits per heavy atom. The second-order valence-electron chi connectivity index (χ2n) is 7.57. The van der Waals surface area contributed by atoms with Crippen LogP contribution < -0.4 is 5.32 Å². The van der Waals surface area contributed by atoms with Gasteiger partial charge >= 0.3 is 0 Å². The van der Waals surface area contributed by atoms with Crippen molar-refractivity contribution in [2.45, 2.75) is 71.9 Å². The van der Waals surface area contributed by atoms with Crippen LogP contribution in [-0.2, 0) is 0 Å². The Kier molecular flexibility index (Phi) is 4.71. The molecule has 18 heavy (non-hydrogen) atoms. The lowest BCUT2D eigenvalue weighted by Gasteiger charge is -2.37. The van der Waals surface area contributed by atoms with Crippen molar-refractivity contribution >= 4 is 0 Å². The van der Waals surface area contributed by atoms with E-state index in [1.807, 2.05) is 0 Å². The Morgan fingerprint density at radius 1 is 1.17 bits per heavy atom. The predicted molar refractivity (Wildman–Crippen MR) is 78.9 cm³/mol. The van der Waals surface area contributed by atoms with E-state index in [1.165, 1.54) is 45.2 Å². The van der Waals surface area contributed by atoms with E-state index in [4.69, 9.17) is 0 Å². The lowest BCUT2D eigenvalue weighted by molar-refractivity contribution is 0.125. The molecule has 2 fully saturated rings. The van der Waals surface area contributed by atoms with Gasteiger partial charge in [0, 0.05) is 25.2 Å². The van der Waals surface area contributed by atoms with Crippen molar-refractivity contribution < 1.29 is 0 Å². The predicted octanol–water partition coefficient (Wildman–Crippen LogP) is 3.28. The summed E-state index contributed by atoms with van der Waals surface area (Å²) >= 11 is 0. The van der Waals surface area contributed by atoms with E-state index in [0.717, 1.165) is 18.5 Å². The third-order valence-corrected chi connectivity index (χ3v) is 4.75. The summed E-state index contributed by atoms with van der Waals surface area (Å²) in [6, 6.07) is 1.52. The minimum Gasteiger partial charge on any atom is -0.314 e. The van der Waals surface area contributed by atoms with Gasteiger partial charge < -0.3 is 5.32 Å². The maximum atomic E-state index is 3.61. The molecule has 2 heteroatoms. The van der Waals surface area contributed by atoms with Gasteiger partial charge in [-0.3, -0.25) is 4.90 Å². The molecule has 1 N–H and O–H groups in total. The summed E-state index contributed by atoms with van der Waals surface area (Å²) in [5.74, 6) is 1.02. The smallest absolute Gasteiger partial charge is 0.0124 e. The highest BCUT2D eigenvalue weighted by molar-refractivity contribution is 4.92. The third-order valence-electron chi connectivity index (χ3n) is 4.75. The summed E-state index contributed by atoms with van der Waals surface area (Å²) in [5, 5.41) is 3.61. The highest BCUT2D eigenvalue weighted by Crippen LogP contribution is 2.37. The minimum absolute atomic E-state index is 0.399. The Balaban J connectivity index is 1.84. The SMILES string of the molecule is CC(C)NCC(C)(C)CN1CCC2CCCCC21. The van der Waals surface area contributed by atoms with E-state index in [9.17, 15) is 0 Å². The molecule has 0 aromatic rings. The molecule has 0 amide bonds. The van der Waals surface area contributed by atoms with Crippen LogP contribution in [0, 0.1) is 11.3 Å². The highest BCUT2D eigenvalue weighted by Gasteiger charge is 2.37. The van der Waals surface area contributed by atoms with Crippen LogP contribution in [0.25, 0.3) is 0 Å². The van der Waals surface area contributed by atoms with Gasteiger partial charge in [0.05, 0.1) is 0 Å². The molecule has 2 unspecified atom stereocenters. The van der Waals surface area contributed by atoms with Crippen LogP contribution >= 0.6 is 0 Å². The molecule has 2 nitrogen and oxygen atoms in total. The van der Waals surface area contributed by atoms with Gasteiger partial charge in [-0.25, -0.2) is 0 Å². The van der Waals surface area contributed by atoms with Gasteiger partial charge in [-0.1, -0.05) is 40.5 Å². The first-order valence-electron chi connectivity index (χ1n) is 7.95. The molecule has 106 valence electrons. The zero-order chi connectivity index (χ0) is 13.2. The first kappa shape index (κ1) is 14.3. The van der Waals surface area contributed by atoms with Crippen molar-refractivity contribution in [1.29, 1.82) is 0 Å². The third kappa shape index (κ3) is 3.71. The number of likely N-dealkylation sites (tertiary alicyclic amines) is 1. The lowest BCUT2D eigenvalue weighted by Crippen LogP contribution is -2.45.